The monoisotopic (exact) mass is 221 g/mol. The van der Waals surface area contributed by atoms with Crippen LogP contribution in [0.1, 0.15) is 5.82 Å². The molecule has 0 saturated carbocycles. The Morgan fingerprint density at radius 2 is 2.06 bits per heavy atom. The summed E-state index contributed by atoms with van der Waals surface area (Å²) in [6, 6.07) is 6.07. The fraction of sp³-hybridized carbons (Fsp3) is 0.300. The lowest BCUT2D eigenvalue weighted by atomic mass is 10.3. The van der Waals surface area contributed by atoms with Crippen molar-refractivity contribution in [3.8, 4) is 5.69 Å². The summed E-state index contributed by atoms with van der Waals surface area (Å²) in [4.78, 5) is 0. The van der Waals surface area contributed by atoms with Crippen LogP contribution in [0.15, 0.2) is 24.3 Å². The lowest BCUT2D eigenvalue weighted by Crippen LogP contribution is -2.14. The molecular weight excluding hydrogens is 209 g/mol. The smallest absolute Gasteiger partial charge is 0.157 e. The summed E-state index contributed by atoms with van der Waals surface area (Å²) in [6.07, 6.45) is 0.723. The molecule has 0 aliphatic carbocycles. The fourth-order valence-electron chi connectivity index (χ4n) is 1.38. The lowest BCUT2D eigenvalue weighted by Gasteiger charge is -2.03. The molecule has 1 N–H and O–H groups in total. The van der Waals surface area contributed by atoms with Gasteiger partial charge in [0.15, 0.2) is 5.82 Å². The van der Waals surface area contributed by atoms with Crippen molar-refractivity contribution >= 4 is 0 Å². The summed E-state index contributed by atoms with van der Waals surface area (Å²) in [7, 11) is 1.87. The van der Waals surface area contributed by atoms with Crippen molar-refractivity contribution in [3.05, 3.63) is 35.9 Å². The molecule has 1 aromatic carbocycles. The predicted molar refractivity (Wildman–Crippen MR) is 56.7 cm³/mol. The van der Waals surface area contributed by atoms with E-state index in [1.807, 2.05) is 7.05 Å². The number of nitrogens with one attached hydrogen (secondary N) is 1. The molecule has 16 heavy (non-hydrogen) atoms. The van der Waals surface area contributed by atoms with Crippen LogP contribution >= 0.6 is 0 Å². The number of tetrazole rings is 1. The normalized spacial score (nSPS) is 10.6. The average molecular weight is 221 g/mol. The zero-order valence-electron chi connectivity index (χ0n) is 8.89. The van der Waals surface area contributed by atoms with Crippen molar-refractivity contribution < 1.29 is 4.39 Å². The molecule has 0 aliphatic heterocycles. The molecule has 0 unspecified atom stereocenters. The van der Waals surface area contributed by atoms with Gasteiger partial charge in [-0.1, -0.05) is 0 Å². The molecule has 1 heterocycles. The largest absolute Gasteiger partial charge is 0.319 e. The third kappa shape index (κ3) is 2.22. The molecule has 0 spiro atoms. The highest BCUT2D eigenvalue weighted by molar-refractivity contribution is 5.31. The van der Waals surface area contributed by atoms with Crippen molar-refractivity contribution in [1.82, 2.24) is 25.5 Å². The molecule has 0 atom stereocenters. The average Bonchev–Trinajstić information content (AvgIpc) is 2.75. The highest BCUT2D eigenvalue weighted by Crippen LogP contribution is 2.09. The Kier molecular flexibility index (Phi) is 3.21. The summed E-state index contributed by atoms with van der Waals surface area (Å²) >= 11 is 0. The molecule has 0 bridgehead atoms. The maximum absolute atomic E-state index is 12.8. The van der Waals surface area contributed by atoms with Gasteiger partial charge >= 0.3 is 0 Å². The first kappa shape index (κ1) is 10.7. The Morgan fingerprint density at radius 1 is 1.31 bits per heavy atom. The number of nitrogens with zero attached hydrogens (tertiary/aromatic N) is 4. The number of hydrogen-bond donors (Lipinski definition) is 1. The van der Waals surface area contributed by atoms with Gasteiger partial charge in [0, 0.05) is 13.0 Å². The molecule has 5 nitrogen and oxygen atoms in total. The lowest BCUT2D eigenvalue weighted by molar-refractivity contribution is 0.626. The summed E-state index contributed by atoms with van der Waals surface area (Å²) in [6.45, 7) is 0.793. The van der Waals surface area contributed by atoms with Gasteiger partial charge in [0.1, 0.15) is 5.82 Å². The minimum atomic E-state index is -0.270. The number of likely N-dealkylation sites (N-methyl/N-ethyl adjacent to an activating group) is 1. The number of aromatic nitrogens is 4. The van der Waals surface area contributed by atoms with E-state index in [1.54, 1.807) is 16.8 Å². The second-order valence-electron chi connectivity index (χ2n) is 3.34. The van der Waals surface area contributed by atoms with Crippen LogP contribution in [-0.4, -0.2) is 33.8 Å². The molecule has 1 aromatic heterocycles. The number of benzene rings is 1. The second kappa shape index (κ2) is 4.80. The van der Waals surface area contributed by atoms with E-state index in [4.69, 9.17) is 0 Å². The van der Waals surface area contributed by atoms with Gasteiger partial charge in [-0.25, -0.2) is 4.39 Å². The van der Waals surface area contributed by atoms with E-state index in [9.17, 15) is 4.39 Å². The standard InChI is InChI=1S/C10H12FN5/c1-12-7-6-10-13-14-15-16(10)9-4-2-8(11)3-5-9/h2-5,12H,6-7H2,1H3. The van der Waals surface area contributed by atoms with E-state index in [2.05, 4.69) is 20.8 Å². The van der Waals surface area contributed by atoms with Crippen LogP contribution in [0.5, 0.6) is 0 Å². The Morgan fingerprint density at radius 3 is 2.75 bits per heavy atom. The molecule has 6 heteroatoms. The highest BCUT2D eigenvalue weighted by atomic mass is 19.1. The van der Waals surface area contributed by atoms with Crippen LogP contribution in [0.2, 0.25) is 0 Å². The molecule has 0 amide bonds. The molecule has 84 valence electrons. The summed E-state index contributed by atoms with van der Waals surface area (Å²) in [5.74, 6) is 0.481. The van der Waals surface area contributed by atoms with E-state index in [1.165, 1.54) is 12.1 Å². The van der Waals surface area contributed by atoms with Gasteiger partial charge in [0.05, 0.1) is 5.69 Å². The first-order valence-corrected chi connectivity index (χ1v) is 4.99. The number of halogens is 1. The van der Waals surface area contributed by atoms with E-state index >= 15 is 0 Å². The molecule has 2 aromatic rings. The first-order chi connectivity index (χ1) is 7.81. The van der Waals surface area contributed by atoms with Gasteiger partial charge in [-0.2, -0.15) is 4.68 Å². The first-order valence-electron chi connectivity index (χ1n) is 4.99. The van der Waals surface area contributed by atoms with Crippen LogP contribution in [0.3, 0.4) is 0 Å². The van der Waals surface area contributed by atoms with Crippen LogP contribution in [-0.2, 0) is 6.42 Å². The Labute approximate surface area is 92.3 Å². The SMILES string of the molecule is CNCCc1nnnn1-c1ccc(F)cc1. The molecule has 2 rings (SSSR count). The second-order valence-corrected chi connectivity index (χ2v) is 3.34. The maximum Gasteiger partial charge on any atom is 0.157 e. The van der Waals surface area contributed by atoms with Crippen LogP contribution in [0, 0.1) is 5.82 Å². The van der Waals surface area contributed by atoms with Crippen LogP contribution in [0.4, 0.5) is 4.39 Å². The van der Waals surface area contributed by atoms with Crippen molar-refractivity contribution in [1.29, 1.82) is 0 Å². The zero-order valence-corrected chi connectivity index (χ0v) is 8.89. The van der Waals surface area contributed by atoms with E-state index in [0.29, 0.717) is 0 Å². The third-order valence-corrected chi connectivity index (χ3v) is 2.20. The maximum atomic E-state index is 12.8. The molecular formula is C10H12FN5. The van der Waals surface area contributed by atoms with E-state index in [-0.39, 0.29) is 5.82 Å². The minimum Gasteiger partial charge on any atom is -0.319 e. The van der Waals surface area contributed by atoms with Crippen molar-refractivity contribution in [2.75, 3.05) is 13.6 Å². The fourth-order valence-corrected chi connectivity index (χ4v) is 1.38. The van der Waals surface area contributed by atoms with Gasteiger partial charge in [0.2, 0.25) is 0 Å². The predicted octanol–water partition coefficient (Wildman–Crippen LogP) is 0.563. The number of hydrogen-bond acceptors (Lipinski definition) is 4. The van der Waals surface area contributed by atoms with Gasteiger partial charge < -0.3 is 5.32 Å². The Bertz CT molecular complexity index is 450. The topological polar surface area (TPSA) is 55.6 Å². The summed E-state index contributed by atoms with van der Waals surface area (Å²) in [5, 5.41) is 14.4. The molecule has 0 saturated heterocycles. The van der Waals surface area contributed by atoms with E-state index in [0.717, 1.165) is 24.5 Å². The molecule has 0 radical (unpaired) electrons. The van der Waals surface area contributed by atoms with Crippen LogP contribution in [0.25, 0.3) is 5.69 Å². The van der Waals surface area contributed by atoms with Gasteiger partial charge in [-0.05, 0) is 41.7 Å². The van der Waals surface area contributed by atoms with Crippen LogP contribution < -0.4 is 5.32 Å². The number of rotatable bonds is 4. The summed E-state index contributed by atoms with van der Waals surface area (Å²) in [5.41, 5.74) is 0.762. The quantitative estimate of drug-likeness (QED) is 0.819. The Balaban J connectivity index is 2.26. The highest BCUT2D eigenvalue weighted by Gasteiger charge is 2.07. The Hall–Kier alpha value is -1.82. The zero-order chi connectivity index (χ0) is 11.4. The van der Waals surface area contributed by atoms with Crippen molar-refractivity contribution in [3.63, 3.8) is 0 Å². The van der Waals surface area contributed by atoms with Crippen molar-refractivity contribution in [2.24, 2.45) is 0 Å². The third-order valence-electron chi connectivity index (χ3n) is 2.20. The van der Waals surface area contributed by atoms with Gasteiger partial charge in [-0.15, -0.1) is 5.10 Å². The summed E-state index contributed by atoms with van der Waals surface area (Å²) < 4.78 is 14.4. The minimum absolute atomic E-state index is 0.270. The molecule has 0 fully saturated rings. The molecule has 0 aliphatic rings. The van der Waals surface area contributed by atoms with Gasteiger partial charge in [0.25, 0.3) is 0 Å². The van der Waals surface area contributed by atoms with Gasteiger partial charge in [-0.3, -0.25) is 0 Å². The van der Waals surface area contributed by atoms with Crippen molar-refractivity contribution in [2.45, 2.75) is 6.42 Å². The van der Waals surface area contributed by atoms with E-state index < -0.39 is 0 Å².